The van der Waals surface area contributed by atoms with Crippen molar-refractivity contribution < 1.29 is 24.1 Å². The number of carboxylic acids is 1. The molecule has 1 saturated heterocycles. The summed E-state index contributed by atoms with van der Waals surface area (Å²) >= 11 is 0. The van der Waals surface area contributed by atoms with Gasteiger partial charge in [-0.2, -0.15) is 0 Å². The fourth-order valence-corrected chi connectivity index (χ4v) is 3.60. The quantitative estimate of drug-likeness (QED) is 0.839. The van der Waals surface area contributed by atoms with Crippen LogP contribution < -0.4 is 4.74 Å². The van der Waals surface area contributed by atoms with Crippen molar-refractivity contribution in [2.24, 2.45) is 0 Å². The van der Waals surface area contributed by atoms with Crippen LogP contribution in [0.3, 0.4) is 0 Å². The summed E-state index contributed by atoms with van der Waals surface area (Å²) in [6.45, 7) is 10.6. The van der Waals surface area contributed by atoms with Crippen LogP contribution in [0.1, 0.15) is 40.9 Å². The zero-order valence-electron chi connectivity index (χ0n) is 16.5. The third kappa shape index (κ3) is 4.15. The lowest BCUT2D eigenvalue weighted by molar-refractivity contribution is -0.141. The molecule has 144 valence electrons. The third-order valence-corrected chi connectivity index (χ3v) is 4.84. The van der Waals surface area contributed by atoms with Gasteiger partial charge in [0.15, 0.2) is 5.79 Å². The minimum absolute atomic E-state index is 0.0882. The lowest BCUT2D eigenvalue weighted by atomic mass is 9.90. The van der Waals surface area contributed by atoms with E-state index in [1.807, 2.05) is 52.8 Å². The fourth-order valence-electron chi connectivity index (χ4n) is 3.60. The third-order valence-electron chi connectivity index (χ3n) is 4.84. The molecule has 2 aromatic rings. The molecular weight excluding hydrogens is 344 g/mol. The van der Waals surface area contributed by atoms with Crippen LogP contribution in [0.2, 0.25) is 0 Å². The summed E-state index contributed by atoms with van der Waals surface area (Å²) < 4.78 is 17.3. The van der Waals surface area contributed by atoms with Crippen molar-refractivity contribution in [3.8, 4) is 16.9 Å². The zero-order chi connectivity index (χ0) is 19.8. The van der Waals surface area contributed by atoms with E-state index in [1.54, 1.807) is 12.1 Å². The molecule has 1 N–H and O–H groups in total. The second-order valence-corrected chi connectivity index (χ2v) is 7.48. The van der Waals surface area contributed by atoms with Crippen LogP contribution in [0, 0.1) is 20.8 Å². The Balaban J connectivity index is 1.84. The van der Waals surface area contributed by atoms with E-state index >= 15 is 0 Å². The molecule has 0 spiro atoms. The molecule has 0 bridgehead atoms. The molecule has 0 aromatic heterocycles. The maximum Gasteiger partial charge on any atom is 0.335 e. The first kappa shape index (κ1) is 19.4. The Morgan fingerprint density at radius 1 is 1.22 bits per heavy atom. The Morgan fingerprint density at radius 3 is 2.44 bits per heavy atom. The van der Waals surface area contributed by atoms with Crippen molar-refractivity contribution in [3.63, 3.8) is 0 Å². The molecule has 5 heteroatoms. The van der Waals surface area contributed by atoms with Gasteiger partial charge in [0.1, 0.15) is 18.5 Å². The fraction of sp³-hybridized carbons (Fsp3) is 0.409. The van der Waals surface area contributed by atoms with Crippen molar-refractivity contribution in [2.45, 2.75) is 46.5 Å². The molecule has 1 aliphatic heterocycles. The molecular formula is C22H26O5. The second-order valence-electron chi connectivity index (χ2n) is 7.48. The molecule has 1 atom stereocenters. The van der Waals surface area contributed by atoms with Crippen molar-refractivity contribution in [1.29, 1.82) is 0 Å². The molecule has 0 unspecified atom stereocenters. The molecule has 0 saturated carbocycles. The molecule has 1 aliphatic rings. The van der Waals surface area contributed by atoms with Crippen LogP contribution in [0.5, 0.6) is 5.75 Å². The number of benzene rings is 2. The molecule has 27 heavy (non-hydrogen) atoms. The van der Waals surface area contributed by atoms with Crippen LogP contribution in [0.15, 0.2) is 30.3 Å². The van der Waals surface area contributed by atoms with Gasteiger partial charge in [0, 0.05) is 0 Å². The van der Waals surface area contributed by atoms with Gasteiger partial charge in [0.2, 0.25) is 0 Å². The number of ether oxygens (including phenoxy) is 3. The largest absolute Gasteiger partial charge is 0.491 e. The number of carboxylic acid groups (broad SMARTS) is 1. The van der Waals surface area contributed by atoms with Gasteiger partial charge in [0.05, 0.1) is 12.2 Å². The van der Waals surface area contributed by atoms with E-state index in [-0.39, 0.29) is 6.10 Å². The normalized spacial score (nSPS) is 18.5. The number of carbonyl (C=O) groups is 1. The van der Waals surface area contributed by atoms with Gasteiger partial charge < -0.3 is 19.3 Å². The average molecular weight is 370 g/mol. The Labute approximate surface area is 159 Å². The Hall–Kier alpha value is -2.37. The number of aromatic carboxylic acids is 1. The first-order valence-corrected chi connectivity index (χ1v) is 9.07. The molecule has 0 aliphatic carbocycles. The minimum atomic E-state index is -0.911. The summed E-state index contributed by atoms with van der Waals surface area (Å²) in [5, 5.41) is 9.39. The zero-order valence-corrected chi connectivity index (χ0v) is 16.5. The Kier molecular flexibility index (Phi) is 5.27. The lowest BCUT2D eigenvalue weighted by Crippen LogP contribution is -2.25. The van der Waals surface area contributed by atoms with Gasteiger partial charge in [-0.15, -0.1) is 0 Å². The summed E-state index contributed by atoms with van der Waals surface area (Å²) in [7, 11) is 0. The van der Waals surface area contributed by atoms with Gasteiger partial charge in [0.25, 0.3) is 0 Å². The summed E-state index contributed by atoms with van der Waals surface area (Å²) in [6, 6.07) is 9.35. The Bertz CT molecular complexity index is 846. The predicted molar refractivity (Wildman–Crippen MR) is 103 cm³/mol. The highest BCUT2D eigenvalue weighted by atomic mass is 16.7. The van der Waals surface area contributed by atoms with Gasteiger partial charge in [-0.05, 0) is 80.6 Å². The Morgan fingerprint density at radius 2 is 1.89 bits per heavy atom. The second kappa shape index (κ2) is 7.33. The van der Waals surface area contributed by atoms with Crippen LogP contribution in [0.25, 0.3) is 11.1 Å². The van der Waals surface area contributed by atoms with Gasteiger partial charge in [-0.25, -0.2) is 4.79 Å². The summed E-state index contributed by atoms with van der Waals surface area (Å²) in [5.74, 6) is -0.698. The van der Waals surface area contributed by atoms with Crippen LogP contribution in [0.4, 0.5) is 0 Å². The monoisotopic (exact) mass is 370 g/mol. The molecule has 5 nitrogen and oxygen atoms in total. The van der Waals surface area contributed by atoms with Gasteiger partial charge >= 0.3 is 5.97 Å². The number of aryl methyl sites for hydroxylation is 2. The topological polar surface area (TPSA) is 65.0 Å². The van der Waals surface area contributed by atoms with E-state index in [9.17, 15) is 9.90 Å². The highest BCUT2D eigenvalue weighted by Crippen LogP contribution is 2.34. The molecule has 0 amide bonds. The molecule has 1 fully saturated rings. The van der Waals surface area contributed by atoms with E-state index in [4.69, 9.17) is 14.2 Å². The highest BCUT2D eigenvalue weighted by Gasteiger charge is 2.33. The van der Waals surface area contributed by atoms with Gasteiger partial charge in [-0.1, -0.05) is 12.1 Å². The van der Waals surface area contributed by atoms with Gasteiger partial charge in [-0.3, -0.25) is 0 Å². The predicted octanol–water partition coefficient (Wildman–Crippen LogP) is 4.51. The number of hydrogen-bond acceptors (Lipinski definition) is 4. The van der Waals surface area contributed by atoms with E-state index < -0.39 is 11.8 Å². The smallest absolute Gasteiger partial charge is 0.335 e. The average Bonchev–Trinajstić information content (AvgIpc) is 2.92. The van der Waals surface area contributed by atoms with Crippen LogP contribution >= 0.6 is 0 Å². The van der Waals surface area contributed by atoms with Crippen molar-refractivity contribution in [2.75, 3.05) is 13.2 Å². The van der Waals surface area contributed by atoms with Crippen molar-refractivity contribution in [3.05, 3.63) is 52.6 Å². The molecule has 2 aromatic carbocycles. The molecule has 3 rings (SSSR count). The summed E-state index contributed by atoms with van der Waals surface area (Å²) in [5.41, 5.74) is 5.16. The van der Waals surface area contributed by atoms with Crippen LogP contribution in [-0.4, -0.2) is 36.2 Å². The highest BCUT2D eigenvalue weighted by molar-refractivity contribution is 5.92. The first-order chi connectivity index (χ1) is 12.7. The first-order valence-electron chi connectivity index (χ1n) is 9.07. The van der Waals surface area contributed by atoms with Crippen molar-refractivity contribution >= 4 is 5.97 Å². The maximum absolute atomic E-state index is 11.4. The van der Waals surface area contributed by atoms with Crippen molar-refractivity contribution in [1.82, 2.24) is 0 Å². The maximum atomic E-state index is 11.4. The minimum Gasteiger partial charge on any atom is -0.491 e. The SMILES string of the molecule is Cc1cc(OC[C@H]2COC(C)(C)O2)cc(C)c1-c1cccc(C(=O)O)c1C. The molecule has 0 radical (unpaired) electrons. The van der Waals surface area contributed by atoms with E-state index in [0.717, 1.165) is 33.6 Å². The van der Waals surface area contributed by atoms with E-state index in [1.165, 1.54) is 0 Å². The summed E-state index contributed by atoms with van der Waals surface area (Å²) in [4.78, 5) is 11.4. The van der Waals surface area contributed by atoms with E-state index in [2.05, 4.69) is 0 Å². The number of rotatable bonds is 5. The molecule has 1 heterocycles. The van der Waals surface area contributed by atoms with E-state index in [0.29, 0.717) is 18.8 Å². The standard InChI is InChI=1S/C22H26O5/c1-13-9-16(25-11-17-12-26-22(4,5)27-17)10-14(2)20(13)18-7-6-8-19(15(18)3)21(23)24/h6-10,17H,11-12H2,1-5H3,(H,23,24)/t17-/m0/s1. The van der Waals surface area contributed by atoms with Crippen LogP contribution in [-0.2, 0) is 9.47 Å². The summed E-state index contributed by atoms with van der Waals surface area (Å²) in [6.07, 6.45) is -0.0882. The number of hydrogen-bond donors (Lipinski definition) is 1. The lowest BCUT2D eigenvalue weighted by Gasteiger charge is -2.19.